The van der Waals surface area contributed by atoms with Gasteiger partial charge in [0.1, 0.15) is 0 Å². The minimum absolute atomic E-state index is 0.254. The summed E-state index contributed by atoms with van der Waals surface area (Å²) in [6, 6.07) is 11.5. The number of hydrogen-bond acceptors (Lipinski definition) is 3. The van der Waals surface area contributed by atoms with Crippen molar-refractivity contribution in [3.8, 4) is 0 Å². The maximum absolute atomic E-state index is 7.74. The van der Waals surface area contributed by atoms with Crippen LogP contribution in [0.4, 0.5) is 0 Å². The first-order chi connectivity index (χ1) is 10.2. The Balaban J connectivity index is 1.80. The van der Waals surface area contributed by atoms with Crippen LogP contribution in [0.2, 0.25) is 0 Å². The summed E-state index contributed by atoms with van der Waals surface area (Å²) in [7, 11) is 0. The van der Waals surface area contributed by atoms with Crippen LogP contribution < -0.4 is 5.73 Å². The third-order valence-electron chi connectivity index (χ3n) is 4.87. The quantitative estimate of drug-likeness (QED) is 0.659. The van der Waals surface area contributed by atoms with E-state index in [0.717, 1.165) is 13.1 Å². The van der Waals surface area contributed by atoms with Crippen LogP contribution >= 0.6 is 0 Å². The molecular weight excluding hydrogens is 260 g/mol. The Labute approximate surface area is 127 Å². The highest BCUT2D eigenvalue weighted by Gasteiger charge is 2.32. The molecule has 2 heterocycles. The summed E-state index contributed by atoms with van der Waals surface area (Å²) < 4.78 is 0. The minimum atomic E-state index is 0.254. The SMILES string of the molecule is N=C(N)CC(c1ccccc1)N1CCCN2CCCC2C1. The normalized spacial score (nSPS) is 25.2. The maximum atomic E-state index is 7.74. The molecule has 3 rings (SSSR count). The predicted octanol–water partition coefficient (Wildman–Crippen LogP) is 2.22. The first-order valence-electron chi connectivity index (χ1n) is 8.10. The number of hydrogen-bond donors (Lipinski definition) is 2. The molecule has 0 amide bonds. The number of rotatable bonds is 4. The number of nitrogens with two attached hydrogens (primary N) is 1. The van der Waals surface area contributed by atoms with Crippen molar-refractivity contribution in [3.05, 3.63) is 35.9 Å². The Bertz CT molecular complexity index is 473. The highest BCUT2D eigenvalue weighted by Crippen LogP contribution is 2.29. The molecule has 114 valence electrons. The molecule has 4 heteroatoms. The van der Waals surface area contributed by atoms with E-state index in [9.17, 15) is 0 Å². The molecule has 1 aromatic carbocycles. The third kappa shape index (κ3) is 3.44. The van der Waals surface area contributed by atoms with Crippen LogP contribution in [0.25, 0.3) is 0 Å². The van der Waals surface area contributed by atoms with Crippen LogP contribution in [0.3, 0.4) is 0 Å². The summed E-state index contributed by atoms with van der Waals surface area (Å²) in [6.45, 7) is 4.72. The molecule has 0 radical (unpaired) electrons. The molecule has 2 aliphatic heterocycles. The second-order valence-electron chi connectivity index (χ2n) is 6.34. The zero-order valence-electron chi connectivity index (χ0n) is 12.7. The molecule has 2 saturated heterocycles. The van der Waals surface area contributed by atoms with E-state index < -0.39 is 0 Å². The lowest BCUT2D eigenvalue weighted by molar-refractivity contribution is 0.175. The molecule has 0 aliphatic carbocycles. The van der Waals surface area contributed by atoms with Crippen molar-refractivity contribution in [2.45, 2.75) is 37.8 Å². The van der Waals surface area contributed by atoms with Crippen LogP contribution in [0.15, 0.2) is 30.3 Å². The van der Waals surface area contributed by atoms with Gasteiger partial charge in [0.15, 0.2) is 0 Å². The van der Waals surface area contributed by atoms with Crippen LogP contribution in [-0.2, 0) is 0 Å². The van der Waals surface area contributed by atoms with Gasteiger partial charge < -0.3 is 5.73 Å². The van der Waals surface area contributed by atoms with Gasteiger partial charge in [-0.3, -0.25) is 15.2 Å². The second-order valence-corrected chi connectivity index (χ2v) is 6.34. The first kappa shape index (κ1) is 14.5. The van der Waals surface area contributed by atoms with Crippen molar-refractivity contribution in [3.63, 3.8) is 0 Å². The van der Waals surface area contributed by atoms with Crippen molar-refractivity contribution >= 4 is 5.84 Å². The van der Waals surface area contributed by atoms with Crippen LogP contribution in [0.5, 0.6) is 0 Å². The number of amidine groups is 1. The minimum Gasteiger partial charge on any atom is -0.388 e. The second kappa shape index (κ2) is 6.58. The standard InChI is InChI=1S/C17H26N4/c18-17(19)12-16(14-6-2-1-3-7-14)21-11-5-10-20-9-4-8-15(20)13-21/h1-3,6-7,15-16H,4-5,8-13H2,(H3,18,19). The fourth-order valence-corrected chi connectivity index (χ4v) is 3.86. The molecule has 0 aromatic heterocycles. The van der Waals surface area contributed by atoms with Gasteiger partial charge in [-0.25, -0.2) is 0 Å². The van der Waals surface area contributed by atoms with Gasteiger partial charge in [0, 0.05) is 31.6 Å². The number of nitrogens with zero attached hydrogens (tertiary/aromatic N) is 2. The van der Waals surface area contributed by atoms with Gasteiger partial charge in [0.25, 0.3) is 0 Å². The molecule has 2 unspecified atom stereocenters. The lowest BCUT2D eigenvalue weighted by Gasteiger charge is -2.33. The summed E-state index contributed by atoms with van der Waals surface area (Å²) >= 11 is 0. The van der Waals surface area contributed by atoms with Crippen LogP contribution in [-0.4, -0.2) is 47.9 Å². The Hall–Kier alpha value is -1.39. The van der Waals surface area contributed by atoms with Crippen molar-refractivity contribution < 1.29 is 0 Å². The largest absolute Gasteiger partial charge is 0.388 e. The van der Waals surface area contributed by atoms with Crippen LogP contribution in [0, 0.1) is 5.41 Å². The zero-order valence-corrected chi connectivity index (χ0v) is 12.7. The van der Waals surface area contributed by atoms with Gasteiger partial charge in [-0.05, 0) is 37.9 Å². The van der Waals surface area contributed by atoms with Gasteiger partial charge in [-0.15, -0.1) is 0 Å². The Morgan fingerprint density at radius 2 is 1.95 bits per heavy atom. The maximum Gasteiger partial charge on any atom is 0.0924 e. The Kier molecular flexibility index (Phi) is 4.56. The van der Waals surface area contributed by atoms with E-state index in [1.165, 1.54) is 37.9 Å². The van der Waals surface area contributed by atoms with Gasteiger partial charge in [0.2, 0.25) is 0 Å². The van der Waals surface area contributed by atoms with E-state index in [1.54, 1.807) is 0 Å². The van der Waals surface area contributed by atoms with Gasteiger partial charge in [0.05, 0.1) is 5.84 Å². The molecule has 21 heavy (non-hydrogen) atoms. The van der Waals surface area contributed by atoms with Gasteiger partial charge in [-0.1, -0.05) is 30.3 Å². The van der Waals surface area contributed by atoms with Gasteiger partial charge in [-0.2, -0.15) is 0 Å². The van der Waals surface area contributed by atoms with E-state index in [-0.39, 0.29) is 11.9 Å². The van der Waals surface area contributed by atoms with Crippen LogP contribution in [0.1, 0.15) is 37.3 Å². The molecule has 2 fully saturated rings. The fourth-order valence-electron chi connectivity index (χ4n) is 3.86. The van der Waals surface area contributed by atoms with E-state index >= 15 is 0 Å². The molecule has 0 spiro atoms. The topological polar surface area (TPSA) is 56.4 Å². The predicted molar refractivity (Wildman–Crippen MR) is 86.5 cm³/mol. The van der Waals surface area contributed by atoms with Crippen molar-refractivity contribution in [2.24, 2.45) is 5.73 Å². The number of fused-ring (bicyclic) bond motifs is 1. The molecule has 3 N–H and O–H groups in total. The Morgan fingerprint density at radius 1 is 1.19 bits per heavy atom. The lowest BCUT2D eigenvalue weighted by atomic mass is 10.0. The highest BCUT2D eigenvalue weighted by atomic mass is 15.3. The summed E-state index contributed by atoms with van der Waals surface area (Å²) in [5.41, 5.74) is 7.02. The average Bonchev–Trinajstić information content (AvgIpc) is 2.83. The third-order valence-corrected chi connectivity index (χ3v) is 4.87. The zero-order chi connectivity index (χ0) is 14.7. The monoisotopic (exact) mass is 286 g/mol. The fraction of sp³-hybridized carbons (Fsp3) is 0.588. The molecule has 2 aliphatic rings. The molecular formula is C17H26N4. The molecule has 1 aromatic rings. The molecule has 4 nitrogen and oxygen atoms in total. The van der Waals surface area contributed by atoms with Crippen molar-refractivity contribution in [1.29, 1.82) is 5.41 Å². The van der Waals surface area contributed by atoms with E-state index in [2.05, 4.69) is 40.1 Å². The van der Waals surface area contributed by atoms with E-state index in [4.69, 9.17) is 11.1 Å². The molecule has 0 saturated carbocycles. The number of nitrogens with one attached hydrogen (secondary N) is 1. The Morgan fingerprint density at radius 3 is 2.71 bits per heavy atom. The highest BCUT2D eigenvalue weighted by molar-refractivity contribution is 5.77. The summed E-state index contributed by atoms with van der Waals surface area (Å²) in [5.74, 6) is 0.288. The molecule has 0 bridgehead atoms. The number of benzene rings is 1. The van der Waals surface area contributed by atoms with Crippen molar-refractivity contribution in [1.82, 2.24) is 9.80 Å². The molecule has 2 atom stereocenters. The lowest BCUT2D eigenvalue weighted by Crippen LogP contribution is -2.39. The summed E-state index contributed by atoms with van der Waals surface area (Å²) in [5, 5.41) is 7.74. The van der Waals surface area contributed by atoms with E-state index in [1.807, 2.05) is 0 Å². The first-order valence-corrected chi connectivity index (χ1v) is 8.10. The summed E-state index contributed by atoms with van der Waals surface area (Å²) in [6.07, 6.45) is 4.51. The summed E-state index contributed by atoms with van der Waals surface area (Å²) in [4.78, 5) is 5.21. The van der Waals surface area contributed by atoms with Crippen molar-refractivity contribution in [2.75, 3.05) is 26.2 Å². The van der Waals surface area contributed by atoms with E-state index in [0.29, 0.717) is 12.5 Å². The van der Waals surface area contributed by atoms with Gasteiger partial charge >= 0.3 is 0 Å². The smallest absolute Gasteiger partial charge is 0.0924 e. The average molecular weight is 286 g/mol.